The number of carbonyl (C=O) groups is 1. The summed E-state index contributed by atoms with van der Waals surface area (Å²) in [5.41, 5.74) is 2.55. The molecule has 1 amide bonds. The summed E-state index contributed by atoms with van der Waals surface area (Å²) >= 11 is 0. The van der Waals surface area contributed by atoms with Crippen molar-refractivity contribution >= 4 is 17.5 Å². The maximum Gasteiger partial charge on any atom is 0.217 e. The molecule has 0 unspecified atom stereocenters. The summed E-state index contributed by atoms with van der Waals surface area (Å²) in [6.07, 6.45) is 1.85. The van der Waals surface area contributed by atoms with E-state index in [-0.39, 0.29) is 11.9 Å². The Morgan fingerprint density at radius 2 is 2.11 bits per heavy atom. The van der Waals surface area contributed by atoms with Gasteiger partial charge in [0.1, 0.15) is 17.5 Å². The fraction of sp³-hybridized carbons (Fsp3) is 0.583. The van der Waals surface area contributed by atoms with Crippen LogP contribution >= 0.6 is 0 Å². The van der Waals surface area contributed by atoms with E-state index in [1.54, 1.807) is 6.92 Å². The Bertz CT molecular complexity index is 456. The standard InChI is InChI=1S/C12H20N6O/c1-8-14-11(17-13)7-12(15-8)18-5-3-10(4-6-18)16-9(2)19/h7,10H,3-6,13H2,1-2H3,(H,16,19)(H,14,15,17). The van der Waals surface area contributed by atoms with Gasteiger partial charge in [0.05, 0.1) is 0 Å². The number of nitrogen functional groups attached to an aromatic ring is 1. The van der Waals surface area contributed by atoms with Crippen LogP contribution in [0.25, 0.3) is 0 Å². The van der Waals surface area contributed by atoms with E-state index < -0.39 is 0 Å². The fourth-order valence-electron chi connectivity index (χ4n) is 2.33. The van der Waals surface area contributed by atoms with Gasteiger partial charge in [-0.05, 0) is 19.8 Å². The minimum absolute atomic E-state index is 0.0333. The number of nitrogens with two attached hydrogens (primary N) is 1. The predicted octanol–water partition coefficient (Wildman–Crippen LogP) is 0.176. The van der Waals surface area contributed by atoms with Crippen molar-refractivity contribution in [3.05, 3.63) is 11.9 Å². The number of anilines is 2. The molecule has 0 spiro atoms. The maximum atomic E-state index is 11.0. The van der Waals surface area contributed by atoms with Crippen LogP contribution in [-0.2, 0) is 4.79 Å². The summed E-state index contributed by atoms with van der Waals surface area (Å²) in [4.78, 5) is 21.8. The number of aryl methyl sites for hydroxylation is 1. The van der Waals surface area contributed by atoms with Crippen molar-refractivity contribution in [1.29, 1.82) is 0 Å². The third-order valence-electron chi connectivity index (χ3n) is 3.20. The fourth-order valence-corrected chi connectivity index (χ4v) is 2.33. The molecule has 0 atom stereocenters. The van der Waals surface area contributed by atoms with Crippen molar-refractivity contribution < 1.29 is 4.79 Å². The van der Waals surface area contributed by atoms with Crippen LogP contribution in [0.1, 0.15) is 25.6 Å². The molecule has 7 nitrogen and oxygen atoms in total. The molecule has 0 aliphatic carbocycles. The van der Waals surface area contributed by atoms with Gasteiger partial charge in [0, 0.05) is 32.1 Å². The molecule has 1 saturated heterocycles. The molecule has 2 rings (SSSR count). The monoisotopic (exact) mass is 264 g/mol. The highest BCUT2D eigenvalue weighted by Crippen LogP contribution is 2.20. The van der Waals surface area contributed by atoms with Crippen LogP contribution < -0.4 is 21.5 Å². The smallest absolute Gasteiger partial charge is 0.217 e. The second-order valence-electron chi connectivity index (χ2n) is 4.76. The molecule has 0 saturated carbocycles. The summed E-state index contributed by atoms with van der Waals surface area (Å²) in [5.74, 6) is 7.60. The zero-order valence-electron chi connectivity index (χ0n) is 11.3. The first-order valence-electron chi connectivity index (χ1n) is 6.43. The third-order valence-corrected chi connectivity index (χ3v) is 3.20. The molecule has 1 fully saturated rings. The molecule has 4 N–H and O–H groups in total. The predicted molar refractivity (Wildman–Crippen MR) is 73.6 cm³/mol. The number of nitrogens with one attached hydrogen (secondary N) is 2. The van der Waals surface area contributed by atoms with Crippen molar-refractivity contribution in [3.63, 3.8) is 0 Å². The molecule has 7 heteroatoms. The van der Waals surface area contributed by atoms with Crippen LogP contribution in [0.4, 0.5) is 11.6 Å². The minimum atomic E-state index is 0.0333. The van der Waals surface area contributed by atoms with Gasteiger partial charge in [-0.15, -0.1) is 0 Å². The average Bonchev–Trinajstić information content (AvgIpc) is 2.38. The Kier molecular flexibility index (Phi) is 4.16. The van der Waals surface area contributed by atoms with E-state index >= 15 is 0 Å². The van der Waals surface area contributed by atoms with E-state index in [4.69, 9.17) is 5.84 Å². The first-order chi connectivity index (χ1) is 9.08. The number of nitrogens with zero attached hydrogens (tertiary/aromatic N) is 3. The van der Waals surface area contributed by atoms with E-state index in [2.05, 4.69) is 25.6 Å². The Morgan fingerprint density at radius 1 is 1.42 bits per heavy atom. The SMILES string of the molecule is CC(=O)NC1CCN(c2cc(NN)nc(C)n2)CC1. The molecule has 1 aromatic rings. The zero-order chi connectivity index (χ0) is 13.8. The summed E-state index contributed by atoms with van der Waals surface area (Å²) in [6, 6.07) is 2.11. The van der Waals surface area contributed by atoms with Crippen LogP contribution in [0.3, 0.4) is 0 Å². The van der Waals surface area contributed by atoms with E-state index in [1.165, 1.54) is 0 Å². The number of amides is 1. The van der Waals surface area contributed by atoms with Crippen LogP contribution in [0.15, 0.2) is 6.07 Å². The molecule has 0 bridgehead atoms. The molecular weight excluding hydrogens is 244 g/mol. The van der Waals surface area contributed by atoms with E-state index in [9.17, 15) is 4.79 Å². The number of rotatable bonds is 3. The quantitative estimate of drug-likeness (QED) is 0.532. The summed E-state index contributed by atoms with van der Waals surface area (Å²) in [6.45, 7) is 5.13. The topological polar surface area (TPSA) is 96.2 Å². The van der Waals surface area contributed by atoms with Crippen LogP contribution in [0.5, 0.6) is 0 Å². The van der Waals surface area contributed by atoms with Gasteiger partial charge in [-0.25, -0.2) is 15.8 Å². The Morgan fingerprint density at radius 3 is 2.68 bits per heavy atom. The third kappa shape index (κ3) is 3.54. The largest absolute Gasteiger partial charge is 0.356 e. The molecule has 1 aromatic heterocycles. The number of piperidine rings is 1. The van der Waals surface area contributed by atoms with Crippen LogP contribution in [-0.4, -0.2) is 35.0 Å². The number of hydrogen-bond acceptors (Lipinski definition) is 6. The van der Waals surface area contributed by atoms with E-state index in [1.807, 2.05) is 13.0 Å². The first kappa shape index (κ1) is 13.5. The lowest BCUT2D eigenvalue weighted by Gasteiger charge is -2.33. The lowest BCUT2D eigenvalue weighted by atomic mass is 10.1. The summed E-state index contributed by atoms with van der Waals surface area (Å²) in [5, 5.41) is 2.96. The van der Waals surface area contributed by atoms with Gasteiger partial charge in [-0.3, -0.25) is 4.79 Å². The van der Waals surface area contributed by atoms with Gasteiger partial charge in [0.2, 0.25) is 5.91 Å². The molecule has 19 heavy (non-hydrogen) atoms. The highest BCUT2D eigenvalue weighted by atomic mass is 16.1. The highest BCUT2D eigenvalue weighted by molar-refractivity contribution is 5.73. The van der Waals surface area contributed by atoms with Gasteiger partial charge >= 0.3 is 0 Å². The Balaban J connectivity index is 2.01. The lowest BCUT2D eigenvalue weighted by Crippen LogP contribution is -2.44. The average molecular weight is 264 g/mol. The summed E-state index contributed by atoms with van der Waals surface area (Å²) in [7, 11) is 0. The summed E-state index contributed by atoms with van der Waals surface area (Å²) < 4.78 is 0. The van der Waals surface area contributed by atoms with Gasteiger partial charge in [-0.1, -0.05) is 0 Å². The number of aromatic nitrogens is 2. The molecular formula is C12H20N6O. The van der Waals surface area contributed by atoms with Gasteiger partial charge in [0.25, 0.3) is 0 Å². The van der Waals surface area contributed by atoms with Crippen molar-refractivity contribution in [1.82, 2.24) is 15.3 Å². The van der Waals surface area contributed by atoms with Gasteiger partial charge in [-0.2, -0.15) is 0 Å². The van der Waals surface area contributed by atoms with Crippen molar-refractivity contribution in [2.45, 2.75) is 32.7 Å². The molecule has 104 valence electrons. The zero-order valence-corrected chi connectivity index (χ0v) is 11.3. The Labute approximate surface area is 112 Å². The van der Waals surface area contributed by atoms with Gasteiger partial charge in [0.15, 0.2) is 0 Å². The van der Waals surface area contributed by atoms with Gasteiger partial charge < -0.3 is 15.6 Å². The maximum absolute atomic E-state index is 11.0. The van der Waals surface area contributed by atoms with Crippen molar-refractivity contribution in [2.24, 2.45) is 5.84 Å². The molecule has 0 aromatic carbocycles. The van der Waals surface area contributed by atoms with Crippen molar-refractivity contribution in [2.75, 3.05) is 23.4 Å². The van der Waals surface area contributed by atoms with E-state index in [0.717, 1.165) is 31.7 Å². The van der Waals surface area contributed by atoms with Crippen molar-refractivity contribution in [3.8, 4) is 0 Å². The second kappa shape index (κ2) is 5.83. The number of hydrazine groups is 1. The second-order valence-corrected chi connectivity index (χ2v) is 4.76. The van der Waals surface area contributed by atoms with Crippen LogP contribution in [0.2, 0.25) is 0 Å². The Hall–Kier alpha value is -1.89. The van der Waals surface area contributed by atoms with Crippen LogP contribution in [0, 0.1) is 6.92 Å². The molecule has 1 aliphatic rings. The number of carbonyl (C=O) groups excluding carboxylic acids is 1. The lowest BCUT2D eigenvalue weighted by molar-refractivity contribution is -0.119. The first-order valence-corrected chi connectivity index (χ1v) is 6.43. The molecule has 0 radical (unpaired) electrons. The minimum Gasteiger partial charge on any atom is -0.356 e. The highest BCUT2D eigenvalue weighted by Gasteiger charge is 2.21. The molecule has 2 heterocycles. The van der Waals surface area contributed by atoms with E-state index in [0.29, 0.717) is 11.6 Å². The number of hydrogen-bond donors (Lipinski definition) is 3. The molecule has 1 aliphatic heterocycles. The normalized spacial score (nSPS) is 16.3.